The van der Waals surface area contributed by atoms with Gasteiger partial charge in [0.1, 0.15) is 0 Å². The fourth-order valence-electron chi connectivity index (χ4n) is 2.03. The summed E-state index contributed by atoms with van der Waals surface area (Å²) in [6.45, 7) is 2.21. The van der Waals surface area contributed by atoms with Gasteiger partial charge >= 0.3 is 0 Å². The molecule has 5 nitrogen and oxygen atoms in total. The van der Waals surface area contributed by atoms with Crippen LogP contribution >= 0.6 is 0 Å². The van der Waals surface area contributed by atoms with Crippen molar-refractivity contribution < 1.29 is 4.79 Å². The van der Waals surface area contributed by atoms with Crippen molar-refractivity contribution in [2.45, 2.75) is 19.3 Å². The van der Waals surface area contributed by atoms with Gasteiger partial charge in [-0.05, 0) is 24.5 Å². The normalized spacial score (nSPS) is 21.6. The van der Waals surface area contributed by atoms with Crippen molar-refractivity contribution in [3.05, 3.63) is 41.9 Å². The topological polar surface area (TPSA) is 70.7 Å². The van der Waals surface area contributed by atoms with E-state index < -0.39 is 0 Å². The predicted molar refractivity (Wildman–Crippen MR) is 67.3 cm³/mol. The number of pyridine rings is 1. The highest BCUT2D eigenvalue weighted by atomic mass is 16.1. The zero-order valence-corrected chi connectivity index (χ0v) is 10.1. The molecule has 0 aromatic carbocycles. The van der Waals surface area contributed by atoms with E-state index >= 15 is 0 Å². The standard InChI is InChI=1S/C13H14N4O/c1-8-5-10(8)11-6-12(17-16-11)15-13(18)9-3-2-4-14-7-9/h2-4,6-8,10H,5H2,1H3,(H2,15,16,17,18)/t8-,10+/m0/s1. The molecule has 2 N–H and O–H groups in total. The van der Waals surface area contributed by atoms with Crippen LogP contribution in [0.3, 0.4) is 0 Å². The van der Waals surface area contributed by atoms with Crippen LogP contribution < -0.4 is 5.32 Å². The number of nitrogens with one attached hydrogen (secondary N) is 2. The number of aromatic amines is 1. The van der Waals surface area contributed by atoms with Crippen LogP contribution in [0.4, 0.5) is 5.82 Å². The van der Waals surface area contributed by atoms with Crippen LogP contribution in [0, 0.1) is 5.92 Å². The van der Waals surface area contributed by atoms with E-state index in [1.807, 2.05) is 6.07 Å². The van der Waals surface area contributed by atoms with Crippen LogP contribution in [-0.4, -0.2) is 21.1 Å². The van der Waals surface area contributed by atoms with Crippen LogP contribution in [0.2, 0.25) is 0 Å². The van der Waals surface area contributed by atoms with Gasteiger partial charge in [0.25, 0.3) is 5.91 Å². The molecule has 5 heteroatoms. The molecule has 1 amide bonds. The molecule has 0 spiro atoms. The van der Waals surface area contributed by atoms with Crippen LogP contribution in [0.5, 0.6) is 0 Å². The maximum absolute atomic E-state index is 11.9. The van der Waals surface area contributed by atoms with E-state index in [9.17, 15) is 4.79 Å². The van der Waals surface area contributed by atoms with E-state index in [-0.39, 0.29) is 5.91 Å². The molecule has 2 heterocycles. The van der Waals surface area contributed by atoms with Crippen molar-refractivity contribution in [1.82, 2.24) is 15.2 Å². The third kappa shape index (κ3) is 2.11. The molecule has 0 unspecified atom stereocenters. The third-order valence-corrected chi connectivity index (χ3v) is 3.27. The Morgan fingerprint density at radius 1 is 1.56 bits per heavy atom. The molecule has 1 aliphatic rings. The Morgan fingerprint density at radius 3 is 3.06 bits per heavy atom. The highest BCUT2D eigenvalue weighted by Gasteiger charge is 2.35. The summed E-state index contributed by atoms with van der Waals surface area (Å²) in [4.78, 5) is 15.8. The quantitative estimate of drug-likeness (QED) is 0.866. The molecule has 1 aliphatic carbocycles. The highest BCUT2D eigenvalue weighted by Crippen LogP contribution is 2.46. The number of carbonyl (C=O) groups excluding carboxylic acids is 1. The van der Waals surface area contributed by atoms with E-state index in [1.165, 1.54) is 12.6 Å². The summed E-state index contributed by atoms with van der Waals surface area (Å²) in [5.41, 5.74) is 1.63. The van der Waals surface area contributed by atoms with Gasteiger partial charge in [-0.15, -0.1) is 0 Å². The molecule has 0 bridgehead atoms. The fourth-order valence-corrected chi connectivity index (χ4v) is 2.03. The molecule has 2 aromatic rings. The minimum Gasteiger partial charge on any atom is -0.305 e. The molecule has 2 atom stereocenters. The number of nitrogens with zero attached hydrogens (tertiary/aromatic N) is 2. The van der Waals surface area contributed by atoms with Gasteiger partial charge in [0.2, 0.25) is 0 Å². The van der Waals surface area contributed by atoms with E-state index in [1.54, 1.807) is 18.3 Å². The van der Waals surface area contributed by atoms with Crippen LogP contribution in [0.1, 0.15) is 35.3 Å². The molecular formula is C13H14N4O. The van der Waals surface area contributed by atoms with Gasteiger partial charge in [0.05, 0.1) is 5.56 Å². The number of anilines is 1. The second kappa shape index (κ2) is 4.25. The first-order valence-corrected chi connectivity index (χ1v) is 6.00. The van der Waals surface area contributed by atoms with Crippen molar-refractivity contribution in [2.75, 3.05) is 5.32 Å². The largest absolute Gasteiger partial charge is 0.305 e. The number of hydrogen-bond donors (Lipinski definition) is 2. The Hall–Kier alpha value is -2.17. The summed E-state index contributed by atoms with van der Waals surface area (Å²) >= 11 is 0. The number of aromatic nitrogens is 3. The van der Waals surface area contributed by atoms with Crippen molar-refractivity contribution in [1.29, 1.82) is 0 Å². The molecule has 0 saturated heterocycles. The zero-order valence-electron chi connectivity index (χ0n) is 10.1. The number of carbonyl (C=O) groups is 1. The minimum atomic E-state index is -0.190. The number of rotatable bonds is 3. The monoisotopic (exact) mass is 242 g/mol. The summed E-state index contributed by atoms with van der Waals surface area (Å²) in [5.74, 6) is 1.66. The van der Waals surface area contributed by atoms with E-state index in [0.29, 0.717) is 23.2 Å². The average Bonchev–Trinajstić information content (AvgIpc) is 2.94. The van der Waals surface area contributed by atoms with Gasteiger partial charge in [-0.3, -0.25) is 14.9 Å². The maximum Gasteiger partial charge on any atom is 0.258 e. The van der Waals surface area contributed by atoms with Crippen molar-refractivity contribution >= 4 is 11.7 Å². The lowest BCUT2D eigenvalue weighted by Gasteiger charge is -1.99. The lowest BCUT2D eigenvalue weighted by atomic mass is 10.2. The highest BCUT2D eigenvalue weighted by molar-refractivity contribution is 6.03. The lowest BCUT2D eigenvalue weighted by Crippen LogP contribution is -2.12. The first kappa shape index (κ1) is 11.0. The Morgan fingerprint density at radius 2 is 2.39 bits per heavy atom. The average molecular weight is 242 g/mol. The molecule has 0 radical (unpaired) electrons. The van der Waals surface area contributed by atoms with Gasteiger partial charge in [-0.25, -0.2) is 0 Å². The molecule has 18 heavy (non-hydrogen) atoms. The second-order valence-corrected chi connectivity index (χ2v) is 4.72. The Labute approximate surface area is 105 Å². The SMILES string of the molecule is C[C@H]1C[C@H]1c1cc(NC(=O)c2cccnc2)n[nH]1. The summed E-state index contributed by atoms with van der Waals surface area (Å²) in [6.07, 6.45) is 4.36. The fraction of sp³-hybridized carbons (Fsp3) is 0.308. The van der Waals surface area contributed by atoms with Gasteiger partial charge in [0, 0.05) is 30.1 Å². The zero-order chi connectivity index (χ0) is 12.5. The molecule has 92 valence electrons. The number of amides is 1. The van der Waals surface area contributed by atoms with Gasteiger partial charge < -0.3 is 5.32 Å². The smallest absolute Gasteiger partial charge is 0.258 e. The second-order valence-electron chi connectivity index (χ2n) is 4.72. The van der Waals surface area contributed by atoms with E-state index in [2.05, 4.69) is 27.4 Å². The summed E-state index contributed by atoms with van der Waals surface area (Å²) < 4.78 is 0. The Kier molecular flexibility index (Phi) is 2.59. The van der Waals surface area contributed by atoms with Crippen LogP contribution in [0.25, 0.3) is 0 Å². The van der Waals surface area contributed by atoms with Gasteiger partial charge in [-0.1, -0.05) is 6.92 Å². The van der Waals surface area contributed by atoms with Gasteiger partial charge in [-0.2, -0.15) is 5.10 Å². The Balaban J connectivity index is 1.69. The van der Waals surface area contributed by atoms with E-state index in [4.69, 9.17) is 0 Å². The molecular weight excluding hydrogens is 228 g/mol. The summed E-state index contributed by atoms with van der Waals surface area (Å²) in [5, 5.41) is 9.83. The van der Waals surface area contributed by atoms with Crippen molar-refractivity contribution in [3.8, 4) is 0 Å². The number of H-pyrrole nitrogens is 1. The first-order chi connectivity index (χ1) is 8.74. The summed E-state index contributed by atoms with van der Waals surface area (Å²) in [7, 11) is 0. The molecule has 3 rings (SSSR count). The van der Waals surface area contributed by atoms with Gasteiger partial charge in [0.15, 0.2) is 5.82 Å². The molecule has 2 aromatic heterocycles. The Bertz CT molecular complexity index is 563. The maximum atomic E-state index is 11.9. The van der Waals surface area contributed by atoms with E-state index in [0.717, 1.165) is 5.69 Å². The first-order valence-electron chi connectivity index (χ1n) is 6.00. The predicted octanol–water partition coefficient (Wildman–Crippen LogP) is 2.18. The van der Waals surface area contributed by atoms with Crippen molar-refractivity contribution in [3.63, 3.8) is 0 Å². The molecule has 1 fully saturated rings. The lowest BCUT2D eigenvalue weighted by molar-refractivity contribution is 0.102. The van der Waals surface area contributed by atoms with Crippen molar-refractivity contribution in [2.24, 2.45) is 5.92 Å². The third-order valence-electron chi connectivity index (χ3n) is 3.27. The molecule has 0 aliphatic heterocycles. The molecule has 1 saturated carbocycles. The number of hydrogen-bond acceptors (Lipinski definition) is 3. The van der Waals surface area contributed by atoms with Crippen LogP contribution in [0.15, 0.2) is 30.6 Å². The minimum absolute atomic E-state index is 0.190. The van der Waals surface area contributed by atoms with Crippen LogP contribution in [-0.2, 0) is 0 Å². The summed E-state index contributed by atoms with van der Waals surface area (Å²) in [6, 6.07) is 5.36.